The van der Waals surface area contributed by atoms with Gasteiger partial charge in [0.1, 0.15) is 5.75 Å². The number of rotatable bonds is 1. The van der Waals surface area contributed by atoms with Crippen molar-refractivity contribution in [3.05, 3.63) is 58.1 Å². The summed E-state index contributed by atoms with van der Waals surface area (Å²) in [6.07, 6.45) is 0.612. The number of aromatic hydroxyl groups is 1. The Morgan fingerprint density at radius 3 is 3.04 bits per heavy atom. The molecule has 7 heteroatoms. The molecule has 2 aromatic carbocycles. The zero-order valence-electron chi connectivity index (χ0n) is 12.7. The molecule has 3 aromatic rings. The molecule has 0 bridgehead atoms. The zero-order valence-corrected chi connectivity index (χ0v) is 12.7. The number of carbonyl (C=O) groups excluding carboxylic acids is 1. The van der Waals surface area contributed by atoms with E-state index in [1.165, 1.54) is 0 Å². The van der Waals surface area contributed by atoms with Gasteiger partial charge in [0, 0.05) is 30.4 Å². The number of aromatic amines is 1. The second-order valence-corrected chi connectivity index (χ2v) is 5.74. The molecule has 3 N–H and O–H groups in total. The van der Waals surface area contributed by atoms with E-state index in [0.717, 1.165) is 11.1 Å². The summed E-state index contributed by atoms with van der Waals surface area (Å²) < 4.78 is 4.99. The predicted octanol–water partition coefficient (Wildman–Crippen LogP) is 2.42. The molecule has 0 spiro atoms. The maximum absolute atomic E-state index is 12.5. The fraction of sp³-hybridized carbons (Fsp3) is 0.176. The number of urea groups is 1. The highest BCUT2D eigenvalue weighted by atomic mass is 16.4. The second-order valence-electron chi connectivity index (χ2n) is 5.74. The van der Waals surface area contributed by atoms with Crippen LogP contribution in [-0.4, -0.2) is 27.6 Å². The highest BCUT2D eigenvalue weighted by Crippen LogP contribution is 2.27. The summed E-state index contributed by atoms with van der Waals surface area (Å²) in [7, 11) is 0. The number of carbonyl (C=O) groups is 1. The van der Waals surface area contributed by atoms with Gasteiger partial charge < -0.3 is 19.7 Å². The van der Waals surface area contributed by atoms with Gasteiger partial charge in [-0.1, -0.05) is 12.1 Å². The molecule has 0 radical (unpaired) electrons. The summed E-state index contributed by atoms with van der Waals surface area (Å²) in [4.78, 5) is 27.9. The lowest BCUT2D eigenvalue weighted by atomic mass is 9.99. The van der Waals surface area contributed by atoms with E-state index in [1.807, 2.05) is 6.07 Å². The largest absolute Gasteiger partial charge is 0.508 e. The molecule has 4 rings (SSSR count). The van der Waals surface area contributed by atoms with Crippen LogP contribution >= 0.6 is 0 Å². The minimum Gasteiger partial charge on any atom is -0.508 e. The van der Waals surface area contributed by atoms with Gasteiger partial charge in [0.2, 0.25) is 0 Å². The van der Waals surface area contributed by atoms with Crippen LogP contribution in [0.5, 0.6) is 5.75 Å². The van der Waals surface area contributed by atoms with Gasteiger partial charge in [-0.15, -0.1) is 0 Å². The lowest BCUT2D eigenvalue weighted by molar-refractivity contribution is 0.206. The summed E-state index contributed by atoms with van der Waals surface area (Å²) >= 11 is 0. The number of amides is 2. The topological polar surface area (TPSA) is 98.6 Å². The standard InChI is InChI=1S/C17H15N3O4/c21-14-3-1-2-10-9-20(7-6-12(10)14)16(22)18-11-4-5-13-15(8-11)24-17(23)19-13/h1-5,8,21H,6-7,9H2,(H,18,22)(H,19,23). The Kier molecular flexibility index (Phi) is 3.26. The SMILES string of the molecule is O=C(Nc1ccc2[nH]c(=O)oc2c1)N1CCc2c(O)cccc2C1. The smallest absolute Gasteiger partial charge is 0.417 e. The normalized spacial score (nSPS) is 13.8. The van der Waals surface area contributed by atoms with Crippen molar-refractivity contribution in [2.75, 3.05) is 11.9 Å². The Balaban J connectivity index is 1.52. The maximum atomic E-state index is 12.5. The number of phenols is 1. The van der Waals surface area contributed by atoms with Crippen LogP contribution in [0.3, 0.4) is 0 Å². The number of hydrogen-bond acceptors (Lipinski definition) is 4. The number of nitrogens with zero attached hydrogens (tertiary/aromatic N) is 1. The first kappa shape index (κ1) is 14.4. The lowest BCUT2D eigenvalue weighted by Gasteiger charge is -2.29. The van der Waals surface area contributed by atoms with Crippen LogP contribution in [0.4, 0.5) is 10.5 Å². The summed E-state index contributed by atoms with van der Waals surface area (Å²) in [6, 6.07) is 10.1. The van der Waals surface area contributed by atoms with Crippen molar-refractivity contribution in [1.29, 1.82) is 0 Å². The van der Waals surface area contributed by atoms with E-state index < -0.39 is 5.76 Å². The molecular formula is C17H15N3O4. The molecule has 0 fully saturated rings. The van der Waals surface area contributed by atoms with Gasteiger partial charge in [-0.2, -0.15) is 0 Å². The molecule has 24 heavy (non-hydrogen) atoms. The van der Waals surface area contributed by atoms with Crippen LogP contribution in [0.15, 0.2) is 45.6 Å². The van der Waals surface area contributed by atoms with E-state index in [4.69, 9.17) is 4.42 Å². The fourth-order valence-corrected chi connectivity index (χ4v) is 2.99. The molecule has 0 unspecified atom stereocenters. The average molecular weight is 325 g/mol. The Bertz CT molecular complexity index is 989. The van der Waals surface area contributed by atoms with Crippen LogP contribution in [0.2, 0.25) is 0 Å². The van der Waals surface area contributed by atoms with E-state index >= 15 is 0 Å². The number of hydrogen-bond donors (Lipinski definition) is 3. The molecule has 1 aromatic heterocycles. The maximum Gasteiger partial charge on any atom is 0.417 e. The lowest BCUT2D eigenvalue weighted by Crippen LogP contribution is -2.38. The molecule has 0 saturated carbocycles. The first-order valence-corrected chi connectivity index (χ1v) is 7.59. The molecule has 122 valence electrons. The molecule has 2 amide bonds. The Labute approximate surface area is 136 Å². The Hall–Kier alpha value is -3.22. The molecule has 7 nitrogen and oxygen atoms in total. The molecule has 0 aliphatic carbocycles. The minimum atomic E-state index is -0.527. The number of oxazole rings is 1. The van der Waals surface area contributed by atoms with Gasteiger partial charge in [0.15, 0.2) is 5.58 Å². The van der Waals surface area contributed by atoms with Crippen LogP contribution in [0.1, 0.15) is 11.1 Å². The number of fused-ring (bicyclic) bond motifs is 2. The number of phenolic OH excluding ortho intramolecular Hbond substituents is 1. The van der Waals surface area contributed by atoms with Crippen molar-refractivity contribution < 1.29 is 14.3 Å². The van der Waals surface area contributed by atoms with Crippen molar-refractivity contribution in [3.8, 4) is 5.75 Å². The summed E-state index contributed by atoms with van der Waals surface area (Å²) in [6.45, 7) is 0.967. The average Bonchev–Trinajstić information content (AvgIpc) is 2.94. The fourth-order valence-electron chi connectivity index (χ4n) is 2.99. The number of aromatic nitrogens is 1. The Morgan fingerprint density at radius 2 is 2.17 bits per heavy atom. The minimum absolute atomic E-state index is 0.235. The van der Waals surface area contributed by atoms with Crippen molar-refractivity contribution in [1.82, 2.24) is 9.88 Å². The van der Waals surface area contributed by atoms with Crippen molar-refractivity contribution >= 4 is 22.8 Å². The molecular weight excluding hydrogens is 310 g/mol. The molecule has 0 atom stereocenters. The van der Waals surface area contributed by atoms with E-state index in [1.54, 1.807) is 35.2 Å². The number of H-pyrrole nitrogens is 1. The number of nitrogens with one attached hydrogen (secondary N) is 2. The number of benzene rings is 2. The van der Waals surface area contributed by atoms with Crippen LogP contribution in [-0.2, 0) is 13.0 Å². The third-order valence-corrected chi connectivity index (χ3v) is 4.20. The molecule has 1 aliphatic rings. The highest BCUT2D eigenvalue weighted by Gasteiger charge is 2.22. The van der Waals surface area contributed by atoms with Gasteiger partial charge in [-0.25, -0.2) is 9.59 Å². The van der Waals surface area contributed by atoms with Gasteiger partial charge in [-0.05, 0) is 30.2 Å². The summed E-state index contributed by atoms with van der Waals surface area (Å²) in [5.41, 5.74) is 3.38. The van der Waals surface area contributed by atoms with Gasteiger partial charge >= 0.3 is 11.8 Å². The van der Waals surface area contributed by atoms with Crippen molar-refractivity contribution in [2.24, 2.45) is 0 Å². The quantitative estimate of drug-likeness (QED) is 0.640. The monoisotopic (exact) mass is 325 g/mol. The van der Waals surface area contributed by atoms with E-state index in [-0.39, 0.29) is 11.8 Å². The third-order valence-electron chi connectivity index (χ3n) is 4.20. The van der Waals surface area contributed by atoms with Gasteiger partial charge in [0.05, 0.1) is 5.52 Å². The first-order chi connectivity index (χ1) is 11.6. The predicted molar refractivity (Wildman–Crippen MR) is 88.1 cm³/mol. The number of anilines is 1. The van der Waals surface area contributed by atoms with Crippen molar-refractivity contribution in [3.63, 3.8) is 0 Å². The highest BCUT2D eigenvalue weighted by molar-refractivity contribution is 5.91. The molecule has 2 heterocycles. The van der Waals surface area contributed by atoms with Gasteiger partial charge in [0.25, 0.3) is 0 Å². The van der Waals surface area contributed by atoms with E-state index in [0.29, 0.717) is 36.3 Å². The zero-order chi connectivity index (χ0) is 16.7. The third kappa shape index (κ3) is 2.50. The second kappa shape index (κ2) is 5.45. The van der Waals surface area contributed by atoms with E-state index in [9.17, 15) is 14.7 Å². The molecule has 0 saturated heterocycles. The first-order valence-electron chi connectivity index (χ1n) is 7.59. The van der Waals surface area contributed by atoms with Crippen LogP contribution in [0, 0.1) is 0 Å². The summed E-state index contributed by atoms with van der Waals surface area (Å²) in [5.74, 6) is -0.249. The summed E-state index contributed by atoms with van der Waals surface area (Å²) in [5, 5.41) is 12.7. The Morgan fingerprint density at radius 1 is 1.29 bits per heavy atom. The van der Waals surface area contributed by atoms with Gasteiger partial charge in [-0.3, -0.25) is 4.98 Å². The van der Waals surface area contributed by atoms with Crippen molar-refractivity contribution in [2.45, 2.75) is 13.0 Å². The van der Waals surface area contributed by atoms with Crippen LogP contribution < -0.4 is 11.1 Å². The van der Waals surface area contributed by atoms with E-state index in [2.05, 4.69) is 10.3 Å². The molecule has 1 aliphatic heterocycles. The van der Waals surface area contributed by atoms with Crippen LogP contribution in [0.25, 0.3) is 11.1 Å².